The molecule has 1 aliphatic rings. The summed E-state index contributed by atoms with van der Waals surface area (Å²) in [6.45, 7) is 1.54. The summed E-state index contributed by atoms with van der Waals surface area (Å²) in [4.78, 5) is 0. The second kappa shape index (κ2) is 5.87. The van der Waals surface area contributed by atoms with E-state index in [9.17, 15) is 13.9 Å². The minimum absolute atomic E-state index is 0.0627. The third-order valence-corrected chi connectivity index (χ3v) is 4.55. The lowest BCUT2D eigenvalue weighted by Gasteiger charge is -2.22. The smallest absolute Gasteiger partial charge is 0.194 e. The van der Waals surface area contributed by atoms with Crippen molar-refractivity contribution in [2.45, 2.75) is 18.8 Å². The number of nitrogens with zero attached hydrogens (tertiary/aromatic N) is 2. The molecule has 0 amide bonds. The number of halogens is 2. The molecule has 0 radical (unpaired) electrons. The van der Waals surface area contributed by atoms with Gasteiger partial charge >= 0.3 is 0 Å². The van der Waals surface area contributed by atoms with Gasteiger partial charge in [0.2, 0.25) is 0 Å². The maximum Gasteiger partial charge on any atom is 0.194 e. The van der Waals surface area contributed by atoms with Crippen molar-refractivity contribution < 1.29 is 18.6 Å². The van der Waals surface area contributed by atoms with Gasteiger partial charge in [0.25, 0.3) is 0 Å². The van der Waals surface area contributed by atoms with Crippen LogP contribution >= 0.6 is 0 Å². The summed E-state index contributed by atoms with van der Waals surface area (Å²) in [6.07, 6.45) is 3.37. The molecule has 6 heteroatoms. The van der Waals surface area contributed by atoms with Crippen LogP contribution in [-0.2, 0) is 4.74 Å². The number of phenols is 1. The van der Waals surface area contributed by atoms with E-state index in [0.29, 0.717) is 17.0 Å². The minimum atomic E-state index is -1.00. The number of fused-ring (bicyclic) bond motifs is 1. The number of benzene rings is 2. The number of hydrogen-bond donors (Lipinski definition) is 1. The summed E-state index contributed by atoms with van der Waals surface area (Å²) < 4.78 is 34.4. The fourth-order valence-electron chi connectivity index (χ4n) is 3.22. The Morgan fingerprint density at radius 2 is 1.83 bits per heavy atom. The highest BCUT2D eigenvalue weighted by molar-refractivity contribution is 5.82. The van der Waals surface area contributed by atoms with Crippen LogP contribution < -0.4 is 0 Å². The zero-order valence-corrected chi connectivity index (χ0v) is 12.9. The molecule has 124 valence electrons. The highest BCUT2D eigenvalue weighted by Gasteiger charge is 2.19. The minimum Gasteiger partial charge on any atom is -0.503 e. The molecule has 4 nitrogen and oxygen atoms in total. The number of rotatable bonds is 2. The highest BCUT2D eigenvalue weighted by atomic mass is 19.1. The van der Waals surface area contributed by atoms with Crippen LogP contribution in [0.2, 0.25) is 0 Å². The van der Waals surface area contributed by atoms with Gasteiger partial charge in [-0.25, -0.2) is 13.5 Å². The molecule has 1 aliphatic heterocycles. The number of ether oxygens (including phenoxy) is 1. The Kier molecular flexibility index (Phi) is 3.69. The predicted octanol–water partition coefficient (Wildman–Crippen LogP) is 3.90. The first-order chi connectivity index (χ1) is 11.6. The van der Waals surface area contributed by atoms with Crippen molar-refractivity contribution in [2.24, 2.45) is 0 Å². The van der Waals surface area contributed by atoms with Gasteiger partial charge in [0.05, 0.1) is 11.9 Å². The molecule has 4 rings (SSSR count). The lowest BCUT2D eigenvalue weighted by Crippen LogP contribution is -2.14. The van der Waals surface area contributed by atoms with E-state index in [0.717, 1.165) is 32.1 Å². The SMILES string of the molecule is Oc1c(F)cc2cnn(-c3ccc(C4CCOCC4)cc3)c2c1F. The van der Waals surface area contributed by atoms with Crippen molar-refractivity contribution in [3.63, 3.8) is 0 Å². The van der Waals surface area contributed by atoms with Crippen LogP contribution in [0, 0.1) is 11.6 Å². The normalized spacial score (nSPS) is 15.9. The molecule has 0 atom stereocenters. The number of hydrogen-bond acceptors (Lipinski definition) is 3. The zero-order chi connectivity index (χ0) is 16.7. The third-order valence-electron chi connectivity index (χ3n) is 4.55. The van der Waals surface area contributed by atoms with Crippen molar-refractivity contribution in [3.05, 3.63) is 53.7 Å². The van der Waals surface area contributed by atoms with E-state index < -0.39 is 17.4 Å². The quantitative estimate of drug-likeness (QED) is 0.775. The van der Waals surface area contributed by atoms with E-state index in [2.05, 4.69) is 5.10 Å². The van der Waals surface area contributed by atoms with Gasteiger partial charge in [0, 0.05) is 18.6 Å². The van der Waals surface area contributed by atoms with Gasteiger partial charge in [0.15, 0.2) is 17.4 Å². The third kappa shape index (κ3) is 2.43. The van der Waals surface area contributed by atoms with Gasteiger partial charge in [-0.3, -0.25) is 0 Å². The number of phenolic OH excluding ortho intramolecular Hbond substituents is 1. The topological polar surface area (TPSA) is 47.3 Å². The van der Waals surface area contributed by atoms with Gasteiger partial charge in [0.1, 0.15) is 5.52 Å². The van der Waals surface area contributed by atoms with Crippen LogP contribution in [0.15, 0.2) is 36.5 Å². The summed E-state index contributed by atoms with van der Waals surface area (Å²) in [5.41, 5.74) is 1.94. The Bertz CT molecular complexity index is 884. The molecule has 1 fully saturated rings. The molecule has 1 N–H and O–H groups in total. The Morgan fingerprint density at radius 3 is 2.54 bits per heavy atom. The fraction of sp³-hybridized carbons (Fsp3) is 0.278. The molecule has 2 heterocycles. The molecular weight excluding hydrogens is 314 g/mol. The largest absolute Gasteiger partial charge is 0.503 e. The first-order valence-electron chi connectivity index (χ1n) is 7.88. The summed E-state index contributed by atoms with van der Waals surface area (Å²) in [7, 11) is 0. The second-order valence-electron chi connectivity index (χ2n) is 5.99. The molecule has 2 aromatic carbocycles. The Hall–Kier alpha value is -2.47. The molecule has 1 aromatic heterocycles. The highest BCUT2D eigenvalue weighted by Crippen LogP contribution is 2.31. The summed E-state index contributed by atoms with van der Waals surface area (Å²) in [5, 5.41) is 13.9. The predicted molar refractivity (Wildman–Crippen MR) is 85.4 cm³/mol. The van der Waals surface area contributed by atoms with E-state index in [4.69, 9.17) is 4.74 Å². The Balaban J connectivity index is 1.74. The standard InChI is InChI=1S/C18H16F2N2O2/c19-15-9-13-10-21-22(17(13)16(20)18(15)23)14-3-1-11(2-4-14)12-5-7-24-8-6-12/h1-4,9-10,12,23H,5-8H2. The van der Waals surface area contributed by atoms with Crippen LogP contribution in [0.3, 0.4) is 0 Å². The average Bonchev–Trinajstić information content (AvgIpc) is 3.04. The van der Waals surface area contributed by atoms with Crippen LogP contribution in [0.1, 0.15) is 24.3 Å². The molecular formula is C18H16F2N2O2. The lowest BCUT2D eigenvalue weighted by molar-refractivity contribution is 0.0853. The molecule has 24 heavy (non-hydrogen) atoms. The van der Waals surface area contributed by atoms with Crippen molar-refractivity contribution in [1.82, 2.24) is 9.78 Å². The molecule has 0 saturated carbocycles. The first-order valence-corrected chi connectivity index (χ1v) is 7.88. The first kappa shape index (κ1) is 15.1. The van der Waals surface area contributed by atoms with E-state index >= 15 is 0 Å². The van der Waals surface area contributed by atoms with E-state index in [-0.39, 0.29) is 5.52 Å². The zero-order valence-electron chi connectivity index (χ0n) is 12.9. The molecule has 0 bridgehead atoms. The van der Waals surface area contributed by atoms with Crippen molar-refractivity contribution in [2.75, 3.05) is 13.2 Å². The maximum absolute atomic E-state index is 14.2. The van der Waals surface area contributed by atoms with E-state index in [1.165, 1.54) is 16.4 Å². The van der Waals surface area contributed by atoms with Crippen molar-refractivity contribution in [1.29, 1.82) is 0 Å². The van der Waals surface area contributed by atoms with Gasteiger partial charge < -0.3 is 9.84 Å². The molecule has 0 unspecified atom stereocenters. The van der Waals surface area contributed by atoms with E-state index in [1.807, 2.05) is 24.3 Å². The van der Waals surface area contributed by atoms with Crippen LogP contribution in [-0.4, -0.2) is 28.1 Å². The molecule has 0 aliphatic carbocycles. The van der Waals surface area contributed by atoms with Crippen LogP contribution in [0.25, 0.3) is 16.6 Å². The molecule has 3 aromatic rings. The van der Waals surface area contributed by atoms with Gasteiger partial charge in [-0.15, -0.1) is 0 Å². The van der Waals surface area contributed by atoms with Gasteiger partial charge in [-0.05, 0) is 42.5 Å². The van der Waals surface area contributed by atoms with Crippen molar-refractivity contribution in [3.8, 4) is 11.4 Å². The Morgan fingerprint density at radius 1 is 1.12 bits per heavy atom. The second-order valence-corrected chi connectivity index (χ2v) is 5.99. The van der Waals surface area contributed by atoms with E-state index in [1.54, 1.807) is 0 Å². The van der Waals surface area contributed by atoms with Crippen molar-refractivity contribution >= 4 is 10.9 Å². The van der Waals surface area contributed by atoms with Crippen LogP contribution in [0.4, 0.5) is 8.78 Å². The summed E-state index contributed by atoms with van der Waals surface area (Å²) in [6, 6.07) is 8.79. The molecule has 0 spiro atoms. The number of aromatic hydroxyl groups is 1. The molecule has 1 saturated heterocycles. The summed E-state index contributed by atoms with van der Waals surface area (Å²) in [5.74, 6) is -2.51. The Labute approximate surface area is 137 Å². The van der Waals surface area contributed by atoms with Gasteiger partial charge in [-0.2, -0.15) is 5.10 Å². The van der Waals surface area contributed by atoms with Gasteiger partial charge in [-0.1, -0.05) is 12.1 Å². The van der Waals surface area contributed by atoms with Crippen LogP contribution in [0.5, 0.6) is 5.75 Å². The summed E-state index contributed by atoms with van der Waals surface area (Å²) >= 11 is 0. The lowest BCUT2D eigenvalue weighted by atomic mass is 9.92. The fourth-order valence-corrected chi connectivity index (χ4v) is 3.22. The average molecular weight is 330 g/mol. The maximum atomic E-state index is 14.2. The monoisotopic (exact) mass is 330 g/mol. The number of aromatic nitrogens is 2.